The van der Waals surface area contributed by atoms with Crippen molar-refractivity contribution in [3.63, 3.8) is 0 Å². The maximum absolute atomic E-state index is 10.1. The Bertz CT molecular complexity index is 439. The van der Waals surface area contributed by atoms with Crippen LogP contribution in [-0.2, 0) is 0 Å². The average molecular weight is 228 g/mol. The van der Waals surface area contributed by atoms with Gasteiger partial charge < -0.3 is 9.84 Å². The molecule has 0 aliphatic heterocycles. The third-order valence-electron chi connectivity index (χ3n) is 2.65. The Labute approximate surface area is 101 Å². The highest BCUT2D eigenvalue weighted by atomic mass is 16.5. The van der Waals surface area contributed by atoms with Crippen LogP contribution < -0.4 is 4.74 Å². The Morgan fingerprint density at radius 1 is 0.882 bits per heavy atom. The molecule has 0 aliphatic rings. The minimum absolute atomic E-state index is 0.278. The van der Waals surface area contributed by atoms with Gasteiger partial charge in [0.05, 0.1) is 0 Å². The molecule has 17 heavy (non-hydrogen) atoms. The number of rotatable bonds is 4. The van der Waals surface area contributed by atoms with Crippen LogP contribution in [0.3, 0.4) is 0 Å². The third kappa shape index (κ3) is 3.08. The molecule has 1 N–H and O–H groups in total. The number of aliphatic hydroxyl groups is 1. The van der Waals surface area contributed by atoms with Crippen LogP contribution in [0.15, 0.2) is 60.7 Å². The number of para-hydroxylation sites is 1. The van der Waals surface area contributed by atoms with Gasteiger partial charge in [-0.15, -0.1) is 0 Å². The Balaban J connectivity index is 2.03. The van der Waals surface area contributed by atoms with Crippen LogP contribution in [0.1, 0.15) is 18.6 Å². The van der Waals surface area contributed by atoms with Gasteiger partial charge in [-0.25, -0.2) is 0 Å². The van der Waals surface area contributed by atoms with Gasteiger partial charge in [-0.1, -0.05) is 48.5 Å². The van der Waals surface area contributed by atoms with E-state index in [-0.39, 0.29) is 6.10 Å². The highest BCUT2D eigenvalue weighted by Gasteiger charge is 2.17. The van der Waals surface area contributed by atoms with Crippen molar-refractivity contribution in [3.05, 3.63) is 66.2 Å². The van der Waals surface area contributed by atoms with Gasteiger partial charge >= 0.3 is 0 Å². The summed E-state index contributed by atoms with van der Waals surface area (Å²) in [6, 6.07) is 19.1. The smallest absolute Gasteiger partial charge is 0.126 e. The molecule has 0 radical (unpaired) electrons. The molecule has 0 aliphatic carbocycles. The van der Waals surface area contributed by atoms with Gasteiger partial charge in [0, 0.05) is 0 Å². The molecule has 0 spiro atoms. The second kappa shape index (κ2) is 5.51. The molecule has 2 nitrogen and oxygen atoms in total. The first-order valence-corrected chi connectivity index (χ1v) is 5.72. The van der Waals surface area contributed by atoms with E-state index in [1.807, 2.05) is 67.6 Å². The Morgan fingerprint density at radius 3 is 2.00 bits per heavy atom. The molecule has 0 amide bonds. The van der Waals surface area contributed by atoms with Gasteiger partial charge in [-0.05, 0) is 24.6 Å². The second-order valence-electron chi connectivity index (χ2n) is 3.99. The lowest BCUT2D eigenvalue weighted by Gasteiger charge is -2.20. The summed E-state index contributed by atoms with van der Waals surface area (Å²) in [5.74, 6) is 0.773. The van der Waals surface area contributed by atoms with Crippen LogP contribution in [0, 0.1) is 0 Å². The first-order chi connectivity index (χ1) is 8.27. The van der Waals surface area contributed by atoms with Gasteiger partial charge in [-0.2, -0.15) is 0 Å². The van der Waals surface area contributed by atoms with Crippen molar-refractivity contribution < 1.29 is 9.84 Å². The normalized spacial score (nSPS) is 14.0. The molecular formula is C15H16O2. The zero-order valence-electron chi connectivity index (χ0n) is 9.78. The summed E-state index contributed by atoms with van der Waals surface area (Å²) in [5, 5.41) is 10.1. The van der Waals surface area contributed by atoms with Crippen LogP contribution in [0.5, 0.6) is 5.75 Å². The second-order valence-corrected chi connectivity index (χ2v) is 3.99. The maximum atomic E-state index is 10.1. The van der Waals surface area contributed by atoms with E-state index in [1.165, 1.54) is 0 Å². The van der Waals surface area contributed by atoms with Crippen molar-refractivity contribution in [2.24, 2.45) is 0 Å². The summed E-state index contributed by atoms with van der Waals surface area (Å²) in [5.41, 5.74) is 0.871. The lowest BCUT2D eigenvalue weighted by molar-refractivity contribution is 0.0467. The van der Waals surface area contributed by atoms with Gasteiger partial charge in [0.15, 0.2) is 0 Å². The molecule has 0 heterocycles. The van der Waals surface area contributed by atoms with Gasteiger partial charge in [0.2, 0.25) is 0 Å². The molecule has 0 saturated heterocycles. The molecule has 2 atom stereocenters. The molecule has 2 aromatic rings. The number of aliphatic hydroxyl groups excluding tert-OH is 1. The van der Waals surface area contributed by atoms with E-state index in [4.69, 9.17) is 4.74 Å². The number of benzene rings is 2. The SMILES string of the molecule is C[C@@H](Oc1ccccc1)[C@@H](O)c1ccccc1. The van der Waals surface area contributed by atoms with E-state index in [9.17, 15) is 5.11 Å². The first kappa shape index (κ1) is 11.7. The fourth-order valence-electron chi connectivity index (χ4n) is 1.70. The van der Waals surface area contributed by atoms with Crippen LogP contribution in [0.4, 0.5) is 0 Å². The van der Waals surface area contributed by atoms with Crippen molar-refractivity contribution in [3.8, 4) is 5.75 Å². The predicted molar refractivity (Wildman–Crippen MR) is 67.9 cm³/mol. The largest absolute Gasteiger partial charge is 0.488 e. The zero-order valence-corrected chi connectivity index (χ0v) is 9.78. The molecule has 88 valence electrons. The highest BCUT2D eigenvalue weighted by molar-refractivity contribution is 5.23. The van der Waals surface area contributed by atoms with E-state index in [0.717, 1.165) is 11.3 Å². The van der Waals surface area contributed by atoms with Crippen molar-refractivity contribution in [1.29, 1.82) is 0 Å². The molecule has 2 aromatic carbocycles. The Morgan fingerprint density at radius 2 is 1.41 bits per heavy atom. The van der Waals surface area contributed by atoms with Crippen molar-refractivity contribution in [1.82, 2.24) is 0 Å². The summed E-state index contributed by atoms with van der Waals surface area (Å²) < 4.78 is 5.68. The molecule has 2 rings (SSSR count). The quantitative estimate of drug-likeness (QED) is 0.870. The first-order valence-electron chi connectivity index (χ1n) is 5.72. The van der Waals surface area contributed by atoms with Crippen LogP contribution in [-0.4, -0.2) is 11.2 Å². The van der Waals surface area contributed by atoms with Crippen LogP contribution in [0.25, 0.3) is 0 Å². The predicted octanol–water partition coefficient (Wildman–Crippen LogP) is 3.19. The summed E-state index contributed by atoms with van der Waals surface area (Å²) in [6.07, 6.45) is -0.892. The zero-order chi connectivity index (χ0) is 12.1. The molecule has 0 unspecified atom stereocenters. The summed E-state index contributed by atoms with van der Waals surface area (Å²) in [6.45, 7) is 1.87. The molecule has 0 aromatic heterocycles. The summed E-state index contributed by atoms with van der Waals surface area (Å²) in [4.78, 5) is 0. The average Bonchev–Trinajstić information content (AvgIpc) is 2.40. The Hall–Kier alpha value is -1.80. The molecule has 0 saturated carbocycles. The van der Waals surface area contributed by atoms with E-state index >= 15 is 0 Å². The monoisotopic (exact) mass is 228 g/mol. The maximum Gasteiger partial charge on any atom is 0.126 e. The highest BCUT2D eigenvalue weighted by Crippen LogP contribution is 2.21. The lowest BCUT2D eigenvalue weighted by atomic mass is 10.1. The van der Waals surface area contributed by atoms with E-state index in [2.05, 4.69) is 0 Å². The van der Waals surface area contributed by atoms with Gasteiger partial charge in [0.1, 0.15) is 18.0 Å². The fourth-order valence-corrected chi connectivity index (χ4v) is 1.70. The minimum Gasteiger partial charge on any atom is -0.488 e. The van der Waals surface area contributed by atoms with Crippen LogP contribution in [0.2, 0.25) is 0 Å². The van der Waals surface area contributed by atoms with Gasteiger partial charge in [-0.3, -0.25) is 0 Å². The molecule has 2 heteroatoms. The number of hydrogen-bond donors (Lipinski definition) is 1. The molecular weight excluding hydrogens is 212 g/mol. The molecule has 0 bridgehead atoms. The fraction of sp³-hybridized carbons (Fsp3) is 0.200. The lowest BCUT2D eigenvalue weighted by Crippen LogP contribution is -2.21. The van der Waals surface area contributed by atoms with Crippen molar-refractivity contribution in [2.75, 3.05) is 0 Å². The van der Waals surface area contributed by atoms with Crippen LogP contribution >= 0.6 is 0 Å². The van der Waals surface area contributed by atoms with E-state index < -0.39 is 6.10 Å². The van der Waals surface area contributed by atoms with E-state index in [1.54, 1.807) is 0 Å². The standard InChI is InChI=1S/C15H16O2/c1-12(17-14-10-6-3-7-11-14)15(16)13-8-4-2-5-9-13/h2-12,15-16H,1H3/t12-,15-/m1/s1. The van der Waals surface area contributed by atoms with Gasteiger partial charge in [0.25, 0.3) is 0 Å². The number of ether oxygens (including phenoxy) is 1. The molecule has 0 fully saturated rings. The van der Waals surface area contributed by atoms with Crippen molar-refractivity contribution >= 4 is 0 Å². The Kier molecular flexibility index (Phi) is 3.78. The number of hydrogen-bond acceptors (Lipinski definition) is 2. The van der Waals surface area contributed by atoms with E-state index in [0.29, 0.717) is 0 Å². The topological polar surface area (TPSA) is 29.5 Å². The van der Waals surface area contributed by atoms with Crippen molar-refractivity contribution in [2.45, 2.75) is 19.1 Å². The third-order valence-corrected chi connectivity index (χ3v) is 2.65. The summed E-state index contributed by atoms with van der Waals surface area (Å²) >= 11 is 0. The minimum atomic E-state index is -0.614. The summed E-state index contributed by atoms with van der Waals surface area (Å²) in [7, 11) is 0.